The van der Waals surface area contributed by atoms with Gasteiger partial charge in [-0.2, -0.15) is 0 Å². The third kappa shape index (κ3) is 2.51. The Morgan fingerprint density at radius 3 is 2.67 bits per heavy atom. The molecule has 3 heteroatoms. The van der Waals surface area contributed by atoms with Crippen LogP contribution in [0.4, 0.5) is 0 Å². The molecule has 1 aliphatic heterocycles. The zero-order valence-corrected chi connectivity index (χ0v) is 9.83. The van der Waals surface area contributed by atoms with Gasteiger partial charge >= 0.3 is 0 Å². The third-order valence-corrected chi connectivity index (χ3v) is 3.58. The van der Waals surface area contributed by atoms with Crippen LogP contribution in [0.3, 0.4) is 0 Å². The molecule has 3 nitrogen and oxygen atoms in total. The summed E-state index contributed by atoms with van der Waals surface area (Å²) in [7, 11) is 0. The van der Waals surface area contributed by atoms with Crippen molar-refractivity contribution in [1.29, 1.82) is 0 Å². The molecule has 2 atom stereocenters. The first-order chi connectivity index (χ1) is 7.22. The smallest absolute Gasteiger partial charge is 0.226 e. The fourth-order valence-electron chi connectivity index (χ4n) is 2.57. The SMILES string of the molecule is CCN(C(=O)[C@H]1CCN[C@@H](C)C1)C1CC1. The van der Waals surface area contributed by atoms with E-state index in [0.29, 0.717) is 18.0 Å². The minimum Gasteiger partial charge on any atom is -0.340 e. The van der Waals surface area contributed by atoms with Gasteiger partial charge in [-0.3, -0.25) is 4.79 Å². The average molecular weight is 210 g/mol. The van der Waals surface area contributed by atoms with Crippen molar-refractivity contribution in [1.82, 2.24) is 10.2 Å². The molecule has 1 aliphatic carbocycles. The van der Waals surface area contributed by atoms with Gasteiger partial charge in [0.25, 0.3) is 0 Å². The lowest BCUT2D eigenvalue weighted by atomic mass is 9.92. The van der Waals surface area contributed by atoms with Gasteiger partial charge in [0.05, 0.1) is 0 Å². The van der Waals surface area contributed by atoms with Crippen LogP contribution in [0.2, 0.25) is 0 Å². The highest BCUT2D eigenvalue weighted by molar-refractivity contribution is 5.79. The highest BCUT2D eigenvalue weighted by Crippen LogP contribution is 2.29. The van der Waals surface area contributed by atoms with E-state index < -0.39 is 0 Å². The fourth-order valence-corrected chi connectivity index (χ4v) is 2.57. The van der Waals surface area contributed by atoms with Crippen molar-refractivity contribution < 1.29 is 4.79 Å². The van der Waals surface area contributed by atoms with Crippen LogP contribution < -0.4 is 5.32 Å². The van der Waals surface area contributed by atoms with Gasteiger partial charge in [-0.1, -0.05) is 0 Å². The Morgan fingerprint density at radius 2 is 2.13 bits per heavy atom. The van der Waals surface area contributed by atoms with E-state index in [1.54, 1.807) is 0 Å². The molecule has 2 aliphatic rings. The minimum absolute atomic E-state index is 0.279. The first-order valence-electron chi connectivity index (χ1n) is 6.26. The zero-order valence-electron chi connectivity index (χ0n) is 9.83. The molecule has 0 unspecified atom stereocenters. The van der Waals surface area contributed by atoms with Gasteiger partial charge in [0, 0.05) is 24.5 Å². The number of nitrogens with one attached hydrogen (secondary N) is 1. The lowest BCUT2D eigenvalue weighted by molar-refractivity contribution is -0.137. The number of carbonyl (C=O) groups excluding carboxylic acids is 1. The summed E-state index contributed by atoms with van der Waals surface area (Å²) in [5.74, 6) is 0.690. The van der Waals surface area contributed by atoms with Crippen molar-refractivity contribution in [2.24, 2.45) is 5.92 Å². The molecule has 0 aromatic carbocycles. The molecule has 0 aromatic heterocycles. The number of hydrogen-bond donors (Lipinski definition) is 1. The number of piperidine rings is 1. The summed E-state index contributed by atoms with van der Waals surface area (Å²) in [6, 6.07) is 1.08. The molecule has 0 bridgehead atoms. The number of hydrogen-bond acceptors (Lipinski definition) is 2. The maximum absolute atomic E-state index is 12.3. The van der Waals surface area contributed by atoms with E-state index in [1.165, 1.54) is 12.8 Å². The van der Waals surface area contributed by atoms with Crippen molar-refractivity contribution in [2.75, 3.05) is 13.1 Å². The van der Waals surface area contributed by atoms with E-state index in [4.69, 9.17) is 0 Å². The van der Waals surface area contributed by atoms with Crippen LogP contribution in [0.15, 0.2) is 0 Å². The van der Waals surface area contributed by atoms with Crippen LogP contribution >= 0.6 is 0 Å². The van der Waals surface area contributed by atoms with Gasteiger partial charge in [0.2, 0.25) is 5.91 Å². The standard InChI is InChI=1S/C12H22N2O/c1-3-14(11-4-5-11)12(15)10-6-7-13-9(2)8-10/h9-11,13H,3-8H2,1-2H3/t9-,10-/m0/s1. The second-order valence-electron chi connectivity index (χ2n) is 4.93. The van der Waals surface area contributed by atoms with E-state index >= 15 is 0 Å². The monoisotopic (exact) mass is 210 g/mol. The van der Waals surface area contributed by atoms with Gasteiger partial charge in [-0.05, 0) is 46.1 Å². The quantitative estimate of drug-likeness (QED) is 0.763. The van der Waals surface area contributed by atoms with Gasteiger partial charge in [-0.15, -0.1) is 0 Å². The van der Waals surface area contributed by atoms with Crippen LogP contribution in [0.1, 0.15) is 39.5 Å². The van der Waals surface area contributed by atoms with E-state index in [2.05, 4.69) is 24.1 Å². The molecule has 1 amide bonds. The normalized spacial score (nSPS) is 31.3. The molecule has 2 fully saturated rings. The first kappa shape index (κ1) is 10.9. The van der Waals surface area contributed by atoms with Crippen LogP contribution in [-0.2, 0) is 4.79 Å². The molecule has 0 radical (unpaired) electrons. The highest BCUT2D eigenvalue weighted by atomic mass is 16.2. The summed E-state index contributed by atoms with van der Waals surface area (Å²) in [6.07, 6.45) is 4.48. The van der Waals surface area contributed by atoms with Crippen LogP contribution in [0.25, 0.3) is 0 Å². The largest absolute Gasteiger partial charge is 0.340 e. The fraction of sp³-hybridized carbons (Fsp3) is 0.917. The second-order valence-corrected chi connectivity index (χ2v) is 4.93. The average Bonchev–Trinajstić information content (AvgIpc) is 3.03. The summed E-state index contributed by atoms with van der Waals surface area (Å²) >= 11 is 0. The lowest BCUT2D eigenvalue weighted by Gasteiger charge is -2.31. The topological polar surface area (TPSA) is 32.3 Å². The Bertz CT molecular complexity index is 238. The van der Waals surface area contributed by atoms with Crippen LogP contribution in [-0.4, -0.2) is 36.0 Å². The van der Waals surface area contributed by atoms with Crippen molar-refractivity contribution in [3.05, 3.63) is 0 Å². The third-order valence-electron chi connectivity index (χ3n) is 3.58. The van der Waals surface area contributed by atoms with Gasteiger partial charge in [-0.25, -0.2) is 0 Å². The number of rotatable bonds is 3. The molecule has 0 aromatic rings. The Hall–Kier alpha value is -0.570. The summed E-state index contributed by atoms with van der Waals surface area (Å²) < 4.78 is 0. The molecule has 1 saturated heterocycles. The van der Waals surface area contributed by atoms with Crippen molar-refractivity contribution >= 4 is 5.91 Å². The number of carbonyl (C=O) groups is 1. The van der Waals surface area contributed by atoms with Crippen molar-refractivity contribution in [2.45, 2.75) is 51.6 Å². The Kier molecular flexibility index (Phi) is 3.29. The van der Waals surface area contributed by atoms with E-state index in [9.17, 15) is 4.79 Å². The molecule has 86 valence electrons. The van der Waals surface area contributed by atoms with E-state index in [0.717, 1.165) is 25.9 Å². The first-order valence-corrected chi connectivity index (χ1v) is 6.26. The predicted octanol–water partition coefficient (Wildman–Crippen LogP) is 1.39. The molecular formula is C12H22N2O. The van der Waals surface area contributed by atoms with Crippen LogP contribution in [0.5, 0.6) is 0 Å². The van der Waals surface area contributed by atoms with Gasteiger partial charge in [0.15, 0.2) is 0 Å². The molecule has 0 spiro atoms. The number of amides is 1. The Morgan fingerprint density at radius 1 is 1.40 bits per heavy atom. The second kappa shape index (κ2) is 4.52. The summed E-state index contributed by atoms with van der Waals surface area (Å²) in [4.78, 5) is 14.4. The Labute approximate surface area is 92.2 Å². The maximum Gasteiger partial charge on any atom is 0.226 e. The van der Waals surface area contributed by atoms with Gasteiger partial charge < -0.3 is 10.2 Å². The molecular weight excluding hydrogens is 188 g/mol. The van der Waals surface area contributed by atoms with Crippen molar-refractivity contribution in [3.63, 3.8) is 0 Å². The van der Waals surface area contributed by atoms with Crippen LogP contribution in [0, 0.1) is 5.92 Å². The van der Waals surface area contributed by atoms with E-state index in [-0.39, 0.29) is 5.92 Å². The maximum atomic E-state index is 12.3. The summed E-state index contributed by atoms with van der Waals surface area (Å²) in [5.41, 5.74) is 0. The van der Waals surface area contributed by atoms with E-state index in [1.807, 2.05) is 0 Å². The molecule has 1 saturated carbocycles. The lowest BCUT2D eigenvalue weighted by Crippen LogP contribution is -2.44. The predicted molar refractivity (Wildman–Crippen MR) is 60.6 cm³/mol. The summed E-state index contributed by atoms with van der Waals surface area (Å²) in [5, 5.41) is 3.40. The zero-order chi connectivity index (χ0) is 10.8. The van der Waals surface area contributed by atoms with Gasteiger partial charge in [0.1, 0.15) is 0 Å². The minimum atomic E-state index is 0.279. The van der Waals surface area contributed by atoms with Crippen molar-refractivity contribution in [3.8, 4) is 0 Å². The molecule has 15 heavy (non-hydrogen) atoms. The summed E-state index contributed by atoms with van der Waals surface area (Å²) in [6.45, 7) is 6.16. The Balaban J connectivity index is 1.92. The highest BCUT2D eigenvalue weighted by Gasteiger charge is 2.35. The molecule has 1 heterocycles. The number of nitrogens with zero attached hydrogens (tertiary/aromatic N) is 1. The molecule has 1 N–H and O–H groups in total. The molecule has 2 rings (SSSR count).